The van der Waals surface area contributed by atoms with Gasteiger partial charge in [0.15, 0.2) is 0 Å². The van der Waals surface area contributed by atoms with Crippen molar-refractivity contribution in [3.8, 4) is 22.3 Å². The maximum absolute atomic E-state index is 12.1. The number of nitrogens with one attached hydrogen (secondary N) is 2. The number of carbonyl (C=O) groups is 1. The standard InChI is InChI=1S/C20H20N6O/c1-11-18(12(2)25(3)24-11)13-6-15-16(9-23-19(15)22-8-13)14-7-17-20(27)21-4-5-26(17)10-14/h6-10H,4-5H2,1-3H3,(H,21,27)(H,22,23). The van der Waals surface area contributed by atoms with Crippen LogP contribution in [-0.4, -0.2) is 36.8 Å². The molecule has 7 heteroatoms. The Bertz CT molecular complexity index is 1210. The van der Waals surface area contributed by atoms with Crippen molar-refractivity contribution in [3.63, 3.8) is 0 Å². The highest BCUT2D eigenvalue weighted by atomic mass is 16.2. The van der Waals surface area contributed by atoms with Crippen LogP contribution in [0, 0.1) is 13.8 Å². The van der Waals surface area contributed by atoms with E-state index >= 15 is 0 Å². The molecule has 7 nitrogen and oxygen atoms in total. The molecule has 1 aliphatic heterocycles. The van der Waals surface area contributed by atoms with Crippen LogP contribution in [0.15, 0.2) is 30.7 Å². The Morgan fingerprint density at radius 3 is 2.78 bits per heavy atom. The summed E-state index contributed by atoms with van der Waals surface area (Å²) in [6.07, 6.45) is 5.89. The highest BCUT2D eigenvalue weighted by Gasteiger charge is 2.20. The molecule has 0 aromatic carbocycles. The van der Waals surface area contributed by atoms with E-state index in [2.05, 4.69) is 33.4 Å². The summed E-state index contributed by atoms with van der Waals surface area (Å²) in [5.41, 5.74) is 7.88. The summed E-state index contributed by atoms with van der Waals surface area (Å²) in [5, 5.41) is 8.45. The molecule has 2 N–H and O–H groups in total. The number of aryl methyl sites for hydroxylation is 2. The quantitative estimate of drug-likeness (QED) is 0.577. The van der Waals surface area contributed by atoms with Crippen LogP contribution in [0.25, 0.3) is 33.3 Å². The van der Waals surface area contributed by atoms with Crippen LogP contribution in [0.1, 0.15) is 21.9 Å². The zero-order valence-electron chi connectivity index (χ0n) is 15.5. The number of rotatable bonds is 2. The second-order valence-electron chi connectivity index (χ2n) is 7.06. The van der Waals surface area contributed by atoms with Crippen LogP contribution in [0.5, 0.6) is 0 Å². The van der Waals surface area contributed by atoms with Crippen LogP contribution >= 0.6 is 0 Å². The predicted molar refractivity (Wildman–Crippen MR) is 104 cm³/mol. The molecule has 4 aromatic rings. The van der Waals surface area contributed by atoms with Gasteiger partial charge >= 0.3 is 0 Å². The second-order valence-corrected chi connectivity index (χ2v) is 7.06. The van der Waals surface area contributed by atoms with Crippen molar-refractivity contribution in [2.75, 3.05) is 6.54 Å². The van der Waals surface area contributed by atoms with Crippen molar-refractivity contribution >= 4 is 16.9 Å². The molecule has 0 saturated carbocycles. The summed E-state index contributed by atoms with van der Waals surface area (Å²) in [5.74, 6) is -0.0206. The smallest absolute Gasteiger partial charge is 0.267 e. The minimum Gasteiger partial charge on any atom is -0.349 e. The number of nitrogens with zero attached hydrogens (tertiary/aromatic N) is 4. The SMILES string of the molecule is Cc1nn(C)c(C)c1-c1cnc2[nH]cc(-c3cc4n(c3)CCNC4=O)c2c1. The Hall–Kier alpha value is -3.35. The fourth-order valence-corrected chi connectivity index (χ4v) is 3.98. The van der Waals surface area contributed by atoms with Gasteiger partial charge in [-0.1, -0.05) is 0 Å². The molecule has 1 amide bonds. The minimum atomic E-state index is -0.0206. The van der Waals surface area contributed by atoms with Gasteiger partial charge in [0.2, 0.25) is 0 Å². The molecular formula is C20H20N6O. The molecule has 0 radical (unpaired) electrons. The average molecular weight is 360 g/mol. The number of aromatic nitrogens is 5. The lowest BCUT2D eigenvalue weighted by Gasteiger charge is -2.14. The molecule has 136 valence electrons. The summed E-state index contributed by atoms with van der Waals surface area (Å²) in [6.45, 7) is 5.54. The minimum absolute atomic E-state index is 0.0206. The average Bonchev–Trinajstić information content (AvgIpc) is 3.31. The van der Waals surface area contributed by atoms with E-state index in [0.717, 1.165) is 51.2 Å². The second kappa shape index (κ2) is 5.57. The van der Waals surface area contributed by atoms with Crippen LogP contribution in [0.4, 0.5) is 0 Å². The Morgan fingerprint density at radius 2 is 2.04 bits per heavy atom. The Balaban J connectivity index is 1.68. The fourth-order valence-electron chi connectivity index (χ4n) is 3.98. The number of hydrogen-bond acceptors (Lipinski definition) is 3. The molecule has 5 rings (SSSR count). The van der Waals surface area contributed by atoms with Crippen molar-refractivity contribution < 1.29 is 4.79 Å². The molecule has 5 heterocycles. The third-order valence-electron chi connectivity index (χ3n) is 5.41. The van der Waals surface area contributed by atoms with Gasteiger partial charge in [0.25, 0.3) is 5.91 Å². The predicted octanol–water partition coefficient (Wildman–Crippen LogP) is 2.79. The maximum atomic E-state index is 12.1. The number of fused-ring (bicyclic) bond motifs is 2. The number of amides is 1. The first-order valence-corrected chi connectivity index (χ1v) is 8.99. The molecule has 27 heavy (non-hydrogen) atoms. The van der Waals surface area contributed by atoms with Crippen LogP contribution in [0.2, 0.25) is 0 Å². The molecular weight excluding hydrogens is 340 g/mol. The Labute approximate surface area is 156 Å². The van der Waals surface area contributed by atoms with Gasteiger partial charge in [-0.3, -0.25) is 9.48 Å². The van der Waals surface area contributed by atoms with Gasteiger partial charge < -0.3 is 14.9 Å². The van der Waals surface area contributed by atoms with Crippen LogP contribution in [0.3, 0.4) is 0 Å². The highest BCUT2D eigenvalue weighted by molar-refractivity contribution is 5.99. The first-order valence-electron chi connectivity index (χ1n) is 8.99. The van der Waals surface area contributed by atoms with Gasteiger partial charge in [-0.2, -0.15) is 5.10 Å². The first kappa shape index (κ1) is 15.9. The molecule has 0 bridgehead atoms. The largest absolute Gasteiger partial charge is 0.349 e. The summed E-state index contributed by atoms with van der Waals surface area (Å²) in [6, 6.07) is 4.10. The Morgan fingerprint density at radius 1 is 1.19 bits per heavy atom. The molecule has 4 aromatic heterocycles. The van der Waals surface area contributed by atoms with Gasteiger partial charge in [0.05, 0.1) is 5.69 Å². The van der Waals surface area contributed by atoms with Crippen LogP contribution in [-0.2, 0) is 13.6 Å². The third kappa shape index (κ3) is 2.31. The molecule has 1 aliphatic rings. The van der Waals surface area contributed by atoms with Crippen molar-refractivity contribution in [2.24, 2.45) is 7.05 Å². The number of H-pyrrole nitrogens is 1. The Kier molecular flexibility index (Phi) is 3.28. The summed E-state index contributed by atoms with van der Waals surface area (Å²) in [4.78, 5) is 20.0. The van der Waals surface area contributed by atoms with Crippen molar-refractivity contribution in [1.29, 1.82) is 0 Å². The van der Waals surface area contributed by atoms with Gasteiger partial charge in [0.1, 0.15) is 11.3 Å². The number of carbonyl (C=O) groups excluding carboxylic acids is 1. The van der Waals surface area contributed by atoms with E-state index in [4.69, 9.17) is 0 Å². The van der Waals surface area contributed by atoms with Crippen molar-refractivity contribution in [1.82, 2.24) is 29.6 Å². The monoisotopic (exact) mass is 360 g/mol. The molecule has 0 aliphatic carbocycles. The highest BCUT2D eigenvalue weighted by Crippen LogP contribution is 2.34. The summed E-state index contributed by atoms with van der Waals surface area (Å²) >= 11 is 0. The number of hydrogen-bond donors (Lipinski definition) is 2. The van der Waals surface area contributed by atoms with E-state index in [1.807, 2.05) is 47.9 Å². The molecule has 0 spiro atoms. The van der Waals surface area contributed by atoms with E-state index in [1.165, 1.54) is 0 Å². The first-order chi connectivity index (χ1) is 13.0. The molecule has 0 fully saturated rings. The van der Waals surface area contributed by atoms with Gasteiger partial charge in [0, 0.05) is 72.1 Å². The van der Waals surface area contributed by atoms with E-state index < -0.39 is 0 Å². The number of aromatic amines is 1. The van der Waals surface area contributed by atoms with Crippen LogP contribution < -0.4 is 5.32 Å². The zero-order valence-corrected chi connectivity index (χ0v) is 15.5. The molecule has 0 atom stereocenters. The molecule has 0 saturated heterocycles. The lowest BCUT2D eigenvalue weighted by atomic mass is 10.0. The van der Waals surface area contributed by atoms with E-state index in [0.29, 0.717) is 12.2 Å². The molecule has 0 unspecified atom stereocenters. The lowest BCUT2D eigenvalue weighted by molar-refractivity contribution is 0.0928. The van der Waals surface area contributed by atoms with Crippen molar-refractivity contribution in [3.05, 3.63) is 47.8 Å². The third-order valence-corrected chi connectivity index (χ3v) is 5.41. The fraction of sp³-hybridized carbons (Fsp3) is 0.250. The van der Waals surface area contributed by atoms with Gasteiger partial charge in [-0.25, -0.2) is 4.98 Å². The number of pyridine rings is 1. The van der Waals surface area contributed by atoms with Gasteiger partial charge in [-0.15, -0.1) is 0 Å². The van der Waals surface area contributed by atoms with Crippen molar-refractivity contribution in [2.45, 2.75) is 20.4 Å². The van der Waals surface area contributed by atoms with E-state index in [9.17, 15) is 4.79 Å². The normalized spacial score (nSPS) is 13.8. The summed E-state index contributed by atoms with van der Waals surface area (Å²) < 4.78 is 3.91. The van der Waals surface area contributed by atoms with Gasteiger partial charge in [-0.05, 0) is 26.0 Å². The maximum Gasteiger partial charge on any atom is 0.267 e. The zero-order chi connectivity index (χ0) is 18.7. The topological polar surface area (TPSA) is 80.5 Å². The van der Waals surface area contributed by atoms with E-state index in [-0.39, 0.29) is 5.91 Å². The van der Waals surface area contributed by atoms with E-state index in [1.54, 1.807) is 0 Å². The summed E-state index contributed by atoms with van der Waals surface area (Å²) in [7, 11) is 1.95. The lowest BCUT2D eigenvalue weighted by Crippen LogP contribution is -2.34.